The van der Waals surface area contributed by atoms with E-state index in [0.29, 0.717) is 16.8 Å². The average Bonchev–Trinajstić information content (AvgIpc) is 3.17. The minimum atomic E-state index is -0.531. The lowest BCUT2D eigenvalue weighted by Crippen LogP contribution is -1.99. The van der Waals surface area contributed by atoms with Crippen molar-refractivity contribution in [1.82, 2.24) is 19.5 Å². The smallest absolute Gasteiger partial charge is 0.275 e. The molecule has 0 aromatic carbocycles. The van der Waals surface area contributed by atoms with Crippen molar-refractivity contribution in [1.29, 1.82) is 0 Å². The highest BCUT2D eigenvalue weighted by molar-refractivity contribution is 7.11. The van der Waals surface area contributed by atoms with Gasteiger partial charge in [0.1, 0.15) is 30.6 Å². The van der Waals surface area contributed by atoms with Crippen LogP contribution in [0.2, 0.25) is 0 Å². The number of pyridine rings is 2. The molecular weight excluding hydrogens is 329 g/mol. The van der Waals surface area contributed by atoms with Gasteiger partial charge in [-0.2, -0.15) is 4.98 Å². The number of aryl methyl sites for hydroxylation is 1. The molecule has 0 bridgehead atoms. The molecule has 0 aliphatic carbocycles. The second-order valence-corrected chi connectivity index (χ2v) is 6.00. The second kappa shape index (κ2) is 6.04. The predicted octanol–water partition coefficient (Wildman–Crippen LogP) is 3.67. The number of nitrogens with one attached hydrogen (secondary N) is 1. The van der Waals surface area contributed by atoms with Gasteiger partial charge in [-0.25, -0.2) is 9.37 Å². The van der Waals surface area contributed by atoms with Crippen molar-refractivity contribution in [3.8, 4) is 5.19 Å². The zero-order valence-electron chi connectivity index (χ0n) is 12.9. The van der Waals surface area contributed by atoms with Crippen LogP contribution in [-0.4, -0.2) is 32.8 Å². The molecule has 122 valence electrons. The van der Waals surface area contributed by atoms with E-state index in [4.69, 9.17) is 4.74 Å². The Morgan fingerprint density at radius 2 is 2.12 bits per heavy atom. The van der Waals surface area contributed by atoms with Gasteiger partial charge in [-0.3, -0.25) is 4.98 Å². The van der Waals surface area contributed by atoms with Crippen molar-refractivity contribution in [2.45, 2.75) is 0 Å². The maximum atomic E-state index is 12.1. The van der Waals surface area contributed by atoms with Gasteiger partial charge in [-0.15, -0.1) is 0 Å². The molecule has 0 saturated heterocycles. The fraction of sp³-hybridized carbons (Fsp3) is 0.188. The first kappa shape index (κ1) is 14.8. The van der Waals surface area contributed by atoms with Crippen LogP contribution in [-0.2, 0) is 7.05 Å². The summed E-state index contributed by atoms with van der Waals surface area (Å²) in [6.45, 7) is -0.516. The standard InChI is InChI=1S/C16H14FN5OS/c1-22-12-4-6-18-8-11(12)10-2-3-13(20-15(10)22)19-14-9-24-16(21-14)23-7-5-17/h2-4,6,8-9H,5,7H2,1H3,(H,19,20). The highest BCUT2D eigenvalue weighted by atomic mass is 32.1. The number of alkyl halides is 1. The number of halogens is 1. The van der Waals surface area contributed by atoms with Gasteiger partial charge in [0.2, 0.25) is 0 Å². The van der Waals surface area contributed by atoms with Gasteiger partial charge in [0, 0.05) is 35.6 Å². The Kier molecular flexibility index (Phi) is 3.73. The average molecular weight is 343 g/mol. The van der Waals surface area contributed by atoms with Crippen molar-refractivity contribution >= 4 is 44.9 Å². The lowest BCUT2D eigenvalue weighted by Gasteiger charge is -2.03. The Balaban J connectivity index is 1.66. The Morgan fingerprint density at radius 1 is 1.21 bits per heavy atom. The molecule has 6 nitrogen and oxygen atoms in total. The normalized spacial score (nSPS) is 11.2. The van der Waals surface area contributed by atoms with Crippen molar-refractivity contribution in [3.05, 3.63) is 36.0 Å². The van der Waals surface area contributed by atoms with E-state index in [-0.39, 0.29) is 6.61 Å². The molecular formula is C16H14FN5OS. The molecule has 0 unspecified atom stereocenters. The number of hydrogen-bond acceptors (Lipinski definition) is 6. The SMILES string of the molecule is Cn1c2ccncc2c2ccc(Nc3csc(OCCF)n3)nc21. The van der Waals surface area contributed by atoms with Crippen molar-refractivity contribution in [3.63, 3.8) is 0 Å². The lowest BCUT2D eigenvalue weighted by atomic mass is 10.2. The van der Waals surface area contributed by atoms with Crippen LogP contribution in [0.1, 0.15) is 0 Å². The van der Waals surface area contributed by atoms with E-state index in [1.54, 1.807) is 6.20 Å². The number of rotatable bonds is 5. The molecule has 0 amide bonds. The van der Waals surface area contributed by atoms with E-state index in [1.165, 1.54) is 11.3 Å². The molecule has 0 radical (unpaired) electrons. The first-order valence-electron chi connectivity index (χ1n) is 7.37. The number of thiazole rings is 1. The fourth-order valence-corrected chi connectivity index (χ4v) is 3.25. The quantitative estimate of drug-likeness (QED) is 0.599. The summed E-state index contributed by atoms with van der Waals surface area (Å²) in [5.74, 6) is 1.31. The third kappa shape index (κ3) is 2.54. The van der Waals surface area contributed by atoms with Gasteiger partial charge in [-0.1, -0.05) is 11.3 Å². The lowest BCUT2D eigenvalue weighted by molar-refractivity contribution is 0.272. The van der Waals surface area contributed by atoms with Crippen LogP contribution in [0.5, 0.6) is 5.19 Å². The molecule has 0 atom stereocenters. The number of aromatic nitrogens is 4. The first-order valence-corrected chi connectivity index (χ1v) is 8.24. The second-order valence-electron chi connectivity index (χ2n) is 5.18. The molecule has 0 fully saturated rings. The maximum absolute atomic E-state index is 12.1. The van der Waals surface area contributed by atoms with E-state index in [2.05, 4.69) is 20.3 Å². The molecule has 0 spiro atoms. The van der Waals surface area contributed by atoms with Crippen molar-refractivity contribution < 1.29 is 9.13 Å². The van der Waals surface area contributed by atoms with E-state index >= 15 is 0 Å². The van der Waals surface area contributed by atoms with Crippen LogP contribution in [0.25, 0.3) is 21.9 Å². The third-order valence-electron chi connectivity index (χ3n) is 3.68. The minimum absolute atomic E-state index is 0.0150. The third-order valence-corrected chi connectivity index (χ3v) is 4.44. The van der Waals surface area contributed by atoms with E-state index in [9.17, 15) is 4.39 Å². The summed E-state index contributed by atoms with van der Waals surface area (Å²) in [4.78, 5) is 13.1. The zero-order valence-corrected chi connectivity index (χ0v) is 13.7. The van der Waals surface area contributed by atoms with Crippen LogP contribution in [0.3, 0.4) is 0 Å². The van der Waals surface area contributed by atoms with Crippen LogP contribution in [0, 0.1) is 0 Å². The zero-order chi connectivity index (χ0) is 16.5. The highest BCUT2D eigenvalue weighted by Gasteiger charge is 2.11. The number of nitrogens with zero attached hydrogens (tertiary/aromatic N) is 4. The minimum Gasteiger partial charge on any atom is -0.467 e. The Bertz CT molecular complexity index is 1010. The number of anilines is 2. The molecule has 0 aliphatic rings. The molecule has 0 saturated carbocycles. The number of fused-ring (bicyclic) bond motifs is 3. The van der Waals surface area contributed by atoms with Gasteiger partial charge >= 0.3 is 0 Å². The first-order chi connectivity index (χ1) is 11.8. The van der Waals surface area contributed by atoms with Gasteiger partial charge < -0.3 is 14.6 Å². The Morgan fingerprint density at radius 3 is 3.00 bits per heavy atom. The molecule has 4 aromatic heterocycles. The number of hydrogen-bond donors (Lipinski definition) is 1. The van der Waals surface area contributed by atoms with Gasteiger partial charge in [0.05, 0.1) is 5.52 Å². The molecule has 0 aliphatic heterocycles. The fourth-order valence-electron chi connectivity index (χ4n) is 2.62. The summed E-state index contributed by atoms with van der Waals surface area (Å²) in [5.41, 5.74) is 1.95. The summed E-state index contributed by atoms with van der Waals surface area (Å²) in [7, 11) is 1.98. The molecule has 1 N–H and O–H groups in total. The molecule has 4 aromatic rings. The van der Waals surface area contributed by atoms with Crippen LogP contribution in [0.15, 0.2) is 36.0 Å². The Hall–Kier alpha value is -2.74. The van der Waals surface area contributed by atoms with Gasteiger partial charge in [-0.05, 0) is 18.2 Å². The summed E-state index contributed by atoms with van der Waals surface area (Å²) >= 11 is 1.32. The summed E-state index contributed by atoms with van der Waals surface area (Å²) < 4.78 is 19.3. The predicted molar refractivity (Wildman–Crippen MR) is 92.9 cm³/mol. The Labute approximate surface area is 140 Å². The topological polar surface area (TPSA) is 64.9 Å². The van der Waals surface area contributed by atoms with Crippen LogP contribution < -0.4 is 10.1 Å². The van der Waals surface area contributed by atoms with E-state index in [1.807, 2.05) is 41.4 Å². The van der Waals surface area contributed by atoms with E-state index < -0.39 is 6.67 Å². The summed E-state index contributed by atoms with van der Waals surface area (Å²) in [5, 5.41) is 7.52. The number of ether oxygens (including phenoxy) is 1. The van der Waals surface area contributed by atoms with Crippen molar-refractivity contribution in [2.24, 2.45) is 7.05 Å². The molecule has 4 rings (SSSR count). The van der Waals surface area contributed by atoms with Crippen LogP contribution >= 0.6 is 11.3 Å². The largest absolute Gasteiger partial charge is 0.467 e. The van der Waals surface area contributed by atoms with E-state index in [0.717, 1.165) is 21.9 Å². The molecule has 24 heavy (non-hydrogen) atoms. The highest BCUT2D eigenvalue weighted by Crippen LogP contribution is 2.29. The monoisotopic (exact) mass is 343 g/mol. The maximum Gasteiger partial charge on any atom is 0.275 e. The van der Waals surface area contributed by atoms with Crippen molar-refractivity contribution in [2.75, 3.05) is 18.6 Å². The van der Waals surface area contributed by atoms with Crippen LogP contribution in [0.4, 0.5) is 16.0 Å². The molecule has 4 heterocycles. The van der Waals surface area contributed by atoms with Gasteiger partial charge in [0.15, 0.2) is 0 Å². The summed E-state index contributed by atoms with van der Waals surface area (Å²) in [6.07, 6.45) is 3.62. The molecule has 8 heteroatoms. The van der Waals surface area contributed by atoms with Gasteiger partial charge in [0.25, 0.3) is 5.19 Å². The summed E-state index contributed by atoms with van der Waals surface area (Å²) in [6, 6.07) is 5.89.